The van der Waals surface area contributed by atoms with Gasteiger partial charge in [-0.2, -0.15) is 5.10 Å². The van der Waals surface area contributed by atoms with Gasteiger partial charge in [0.05, 0.1) is 12.2 Å². The fraction of sp³-hybridized carbons (Fsp3) is 0.444. The summed E-state index contributed by atoms with van der Waals surface area (Å²) in [5, 5.41) is 7.26. The maximum Gasteiger partial charge on any atom is 0.272 e. The van der Waals surface area contributed by atoms with Gasteiger partial charge in [-0.15, -0.1) is 0 Å². The number of aryl methyl sites for hydroxylation is 2. The van der Waals surface area contributed by atoms with Gasteiger partial charge in [-0.3, -0.25) is 4.79 Å². The van der Waals surface area contributed by atoms with Crippen molar-refractivity contribution >= 4 is 5.91 Å². The molecule has 0 saturated heterocycles. The molecule has 1 aliphatic rings. The molecule has 0 fully saturated rings. The zero-order valence-electron chi connectivity index (χ0n) is 14.2. The Morgan fingerprint density at radius 3 is 2.92 bits per heavy atom. The monoisotopic (exact) mass is 331 g/mol. The van der Waals surface area contributed by atoms with Gasteiger partial charge >= 0.3 is 0 Å². The summed E-state index contributed by atoms with van der Waals surface area (Å²) in [4.78, 5) is 12.5. The van der Waals surface area contributed by atoms with Gasteiger partial charge in [-0.25, -0.2) is 9.07 Å². The van der Waals surface area contributed by atoms with Crippen LogP contribution in [0.5, 0.6) is 5.88 Å². The van der Waals surface area contributed by atoms with Gasteiger partial charge in [0.15, 0.2) is 5.69 Å². The van der Waals surface area contributed by atoms with Crippen LogP contribution in [0.3, 0.4) is 0 Å². The van der Waals surface area contributed by atoms with E-state index in [1.165, 1.54) is 6.07 Å². The van der Waals surface area contributed by atoms with E-state index in [1.54, 1.807) is 10.7 Å². The molecule has 2 aromatic rings. The topological polar surface area (TPSA) is 56.2 Å². The maximum atomic E-state index is 14.2. The van der Waals surface area contributed by atoms with Crippen molar-refractivity contribution in [1.29, 1.82) is 0 Å². The molecule has 1 aromatic heterocycles. The molecular weight excluding hydrogens is 309 g/mol. The Morgan fingerprint density at radius 2 is 2.25 bits per heavy atom. The van der Waals surface area contributed by atoms with E-state index >= 15 is 0 Å². The van der Waals surface area contributed by atoms with Crippen LogP contribution in [-0.2, 0) is 13.0 Å². The van der Waals surface area contributed by atoms with Crippen LogP contribution in [-0.4, -0.2) is 28.3 Å². The van der Waals surface area contributed by atoms with Crippen LogP contribution >= 0.6 is 0 Å². The van der Waals surface area contributed by atoms with Crippen LogP contribution in [0.4, 0.5) is 4.39 Å². The summed E-state index contributed by atoms with van der Waals surface area (Å²) in [5.41, 5.74) is 2.11. The summed E-state index contributed by atoms with van der Waals surface area (Å²) in [6.07, 6.45) is 1.46. The third-order valence-electron chi connectivity index (χ3n) is 4.02. The lowest BCUT2D eigenvalue weighted by atomic mass is 10.0. The third kappa shape index (κ3) is 3.00. The van der Waals surface area contributed by atoms with E-state index in [2.05, 4.69) is 10.4 Å². The number of hydrogen-bond donors (Lipinski definition) is 1. The summed E-state index contributed by atoms with van der Waals surface area (Å²) in [7, 11) is 0. The second-order valence-electron chi connectivity index (χ2n) is 6.24. The highest BCUT2D eigenvalue weighted by atomic mass is 19.1. The first-order valence-corrected chi connectivity index (χ1v) is 8.34. The first kappa shape index (κ1) is 16.5. The number of halogens is 1. The van der Waals surface area contributed by atoms with Gasteiger partial charge < -0.3 is 10.1 Å². The molecule has 1 N–H and O–H groups in total. The Balaban J connectivity index is 2.12. The van der Waals surface area contributed by atoms with Crippen LogP contribution < -0.4 is 10.1 Å². The normalized spacial score (nSPS) is 13.5. The number of benzene rings is 1. The van der Waals surface area contributed by atoms with Crippen LogP contribution in [0.1, 0.15) is 43.2 Å². The molecule has 1 aromatic carbocycles. The Labute approximate surface area is 140 Å². The third-order valence-corrected chi connectivity index (χ3v) is 4.02. The van der Waals surface area contributed by atoms with Gasteiger partial charge in [0.25, 0.3) is 5.91 Å². The van der Waals surface area contributed by atoms with Gasteiger partial charge in [0, 0.05) is 19.0 Å². The number of ether oxygens (including phenoxy) is 1. The highest BCUT2D eigenvalue weighted by Crippen LogP contribution is 2.36. The van der Waals surface area contributed by atoms with Gasteiger partial charge in [-0.05, 0) is 37.5 Å². The Hall–Kier alpha value is -2.37. The van der Waals surface area contributed by atoms with Crippen molar-refractivity contribution in [2.24, 2.45) is 0 Å². The number of amides is 1. The van der Waals surface area contributed by atoms with Gasteiger partial charge in [0.1, 0.15) is 5.82 Å². The number of hydrogen-bond acceptors (Lipinski definition) is 3. The standard InChI is InChI=1S/C18H22FN3O2/c1-4-12-6-7-13(10-14(12)19)15-16(17(23)20-11(2)3)21-22-8-5-9-24-18(15)22/h6-7,10-11H,4-5,8-9H2,1-3H3,(H,20,23). The van der Waals surface area contributed by atoms with E-state index in [0.29, 0.717) is 42.1 Å². The Bertz CT molecular complexity index is 768. The van der Waals surface area contributed by atoms with Crippen LogP contribution in [0.15, 0.2) is 18.2 Å². The lowest BCUT2D eigenvalue weighted by molar-refractivity contribution is 0.0937. The van der Waals surface area contributed by atoms with Crippen molar-refractivity contribution in [3.05, 3.63) is 35.3 Å². The van der Waals surface area contributed by atoms with Crippen molar-refractivity contribution < 1.29 is 13.9 Å². The maximum absolute atomic E-state index is 14.2. The Morgan fingerprint density at radius 1 is 1.46 bits per heavy atom. The van der Waals surface area contributed by atoms with Crippen molar-refractivity contribution in [2.45, 2.75) is 46.2 Å². The zero-order valence-corrected chi connectivity index (χ0v) is 14.2. The first-order valence-electron chi connectivity index (χ1n) is 8.34. The molecule has 0 unspecified atom stereocenters. The molecule has 1 amide bonds. The number of rotatable bonds is 4. The lowest BCUT2D eigenvalue weighted by Gasteiger charge is -2.16. The number of nitrogens with one attached hydrogen (secondary N) is 1. The molecule has 128 valence electrons. The van der Waals surface area contributed by atoms with Crippen molar-refractivity contribution in [3.8, 4) is 17.0 Å². The van der Waals surface area contributed by atoms with E-state index in [4.69, 9.17) is 4.74 Å². The molecule has 0 radical (unpaired) electrons. The minimum absolute atomic E-state index is 0.0100. The highest BCUT2D eigenvalue weighted by molar-refractivity contribution is 6.00. The second kappa shape index (κ2) is 6.63. The van der Waals surface area contributed by atoms with E-state index < -0.39 is 0 Å². The summed E-state index contributed by atoms with van der Waals surface area (Å²) >= 11 is 0. The molecule has 3 rings (SSSR count). The van der Waals surface area contributed by atoms with E-state index in [1.807, 2.05) is 26.8 Å². The number of carbonyl (C=O) groups is 1. The van der Waals surface area contributed by atoms with E-state index in [-0.39, 0.29) is 23.5 Å². The number of carbonyl (C=O) groups excluding carboxylic acids is 1. The second-order valence-corrected chi connectivity index (χ2v) is 6.24. The SMILES string of the molecule is CCc1ccc(-c2c(C(=O)NC(C)C)nn3c2OCCC3)cc1F. The van der Waals surface area contributed by atoms with E-state index in [0.717, 1.165) is 6.42 Å². The molecule has 0 atom stereocenters. The molecule has 24 heavy (non-hydrogen) atoms. The molecule has 1 aliphatic heterocycles. The van der Waals surface area contributed by atoms with Crippen LogP contribution in [0.25, 0.3) is 11.1 Å². The van der Waals surface area contributed by atoms with Crippen molar-refractivity contribution in [3.63, 3.8) is 0 Å². The van der Waals surface area contributed by atoms with Crippen LogP contribution in [0, 0.1) is 5.82 Å². The summed E-state index contributed by atoms with van der Waals surface area (Å²) in [5.74, 6) is -0.00902. The van der Waals surface area contributed by atoms with Crippen LogP contribution in [0.2, 0.25) is 0 Å². The van der Waals surface area contributed by atoms with Gasteiger partial charge in [-0.1, -0.05) is 19.1 Å². The van der Waals surface area contributed by atoms with Crippen molar-refractivity contribution in [1.82, 2.24) is 15.1 Å². The van der Waals surface area contributed by atoms with Gasteiger partial charge in [0.2, 0.25) is 5.88 Å². The summed E-state index contributed by atoms with van der Waals surface area (Å²) in [6, 6.07) is 5.02. The molecule has 5 nitrogen and oxygen atoms in total. The lowest BCUT2D eigenvalue weighted by Crippen LogP contribution is -2.30. The first-order chi connectivity index (χ1) is 11.5. The number of nitrogens with zero attached hydrogens (tertiary/aromatic N) is 2. The van der Waals surface area contributed by atoms with Crippen molar-refractivity contribution in [2.75, 3.05) is 6.61 Å². The highest BCUT2D eigenvalue weighted by Gasteiger charge is 2.28. The smallest absolute Gasteiger partial charge is 0.272 e. The quantitative estimate of drug-likeness (QED) is 0.936. The number of fused-ring (bicyclic) bond motifs is 1. The average molecular weight is 331 g/mol. The van der Waals surface area contributed by atoms with E-state index in [9.17, 15) is 9.18 Å². The zero-order chi connectivity index (χ0) is 17.3. The molecule has 0 aliphatic carbocycles. The molecule has 0 spiro atoms. The fourth-order valence-electron chi connectivity index (χ4n) is 2.87. The molecule has 6 heteroatoms. The summed E-state index contributed by atoms with van der Waals surface area (Å²) in [6.45, 7) is 6.94. The fourth-order valence-corrected chi connectivity index (χ4v) is 2.87. The largest absolute Gasteiger partial charge is 0.477 e. The average Bonchev–Trinajstić information content (AvgIpc) is 2.93. The predicted molar refractivity (Wildman–Crippen MR) is 89.7 cm³/mol. The molecular formula is C18H22FN3O2. The predicted octanol–water partition coefficient (Wildman–Crippen LogP) is 3.17. The Kier molecular flexibility index (Phi) is 4.55. The molecule has 0 saturated carbocycles. The summed E-state index contributed by atoms with van der Waals surface area (Å²) < 4.78 is 21.7. The number of aromatic nitrogens is 2. The minimum Gasteiger partial charge on any atom is -0.477 e. The minimum atomic E-state index is -0.277. The molecule has 2 heterocycles. The molecule has 0 bridgehead atoms.